The normalized spacial score (nSPS) is 14.1. The number of anilines is 1. The molecule has 21 heavy (non-hydrogen) atoms. The van der Waals surface area contributed by atoms with Gasteiger partial charge < -0.3 is 9.73 Å². The lowest BCUT2D eigenvalue weighted by Gasteiger charge is -2.02. The van der Waals surface area contributed by atoms with E-state index in [1.54, 1.807) is 6.07 Å². The number of amides is 1. The summed E-state index contributed by atoms with van der Waals surface area (Å²) in [7, 11) is 0. The van der Waals surface area contributed by atoms with Crippen LogP contribution in [0.25, 0.3) is 0 Å². The highest BCUT2D eigenvalue weighted by molar-refractivity contribution is 9.10. The van der Waals surface area contributed by atoms with Crippen molar-refractivity contribution >= 4 is 38.2 Å². The van der Waals surface area contributed by atoms with Gasteiger partial charge in [0.2, 0.25) is 0 Å². The van der Waals surface area contributed by atoms with E-state index < -0.39 is 0 Å². The largest absolute Gasteiger partial charge is 0.457 e. The molecule has 3 rings (SSSR count). The predicted molar refractivity (Wildman–Crippen MR) is 84.7 cm³/mol. The molecule has 4 nitrogen and oxygen atoms in total. The van der Waals surface area contributed by atoms with Gasteiger partial charge in [0.25, 0.3) is 5.91 Å². The number of thiophene rings is 1. The maximum Gasteiger partial charge on any atom is 0.260 e. The minimum Gasteiger partial charge on any atom is -0.457 e. The molecular weight excluding hydrogens is 352 g/mol. The molecule has 2 aromatic heterocycles. The van der Waals surface area contributed by atoms with E-state index in [1.807, 2.05) is 0 Å². The molecule has 0 saturated heterocycles. The van der Waals surface area contributed by atoms with Crippen LogP contribution in [0.1, 0.15) is 45.6 Å². The molecule has 0 bridgehead atoms. The number of nitrogens with zero attached hydrogens (tertiary/aromatic N) is 1. The zero-order chi connectivity index (χ0) is 14.8. The minimum atomic E-state index is -0.261. The van der Waals surface area contributed by atoms with Crippen LogP contribution in [-0.2, 0) is 12.8 Å². The van der Waals surface area contributed by atoms with Gasteiger partial charge in [-0.3, -0.25) is 4.79 Å². The fraction of sp³-hybridized carbons (Fsp3) is 0.333. The Morgan fingerprint density at radius 1 is 1.38 bits per heavy atom. The quantitative estimate of drug-likeness (QED) is 0.797. The highest BCUT2D eigenvalue weighted by Crippen LogP contribution is 2.37. The number of hydrogen-bond acceptors (Lipinski definition) is 4. The van der Waals surface area contributed by atoms with Crippen molar-refractivity contribution in [2.45, 2.75) is 32.1 Å². The van der Waals surface area contributed by atoms with E-state index in [9.17, 15) is 10.1 Å². The van der Waals surface area contributed by atoms with Crippen molar-refractivity contribution < 1.29 is 9.21 Å². The summed E-state index contributed by atoms with van der Waals surface area (Å²) in [6.07, 6.45) is 6.85. The lowest BCUT2D eigenvalue weighted by molar-refractivity contribution is 0.102. The summed E-state index contributed by atoms with van der Waals surface area (Å²) in [6.45, 7) is 0. The molecular formula is C15H13BrN2O2S. The van der Waals surface area contributed by atoms with Crippen LogP contribution >= 0.6 is 27.3 Å². The van der Waals surface area contributed by atoms with Gasteiger partial charge in [0.1, 0.15) is 11.1 Å². The maximum absolute atomic E-state index is 12.2. The number of aryl methyl sites for hydroxylation is 1. The third-order valence-corrected chi connectivity index (χ3v) is 5.44. The van der Waals surface area contributed by atoms with Gasteiger partial charge in [-0.1, -0.05) is 6.42 Å². The average Bonchev–Trinajstić information content (AvgIpc) is 2.95. The van der Waals surface area contributed by atoms with Crippen LogP contribution in [0, 0.1) is 11.3 Å². The van der Waals surface area contributed by atoms with Crippen molar-refractivity contribution in [2.24, 2.45) is 0 Å². The lowest BCUT2D eigenvalue weighted by atomic mass is 10.1. The number of hydrogen-bond donors (Lipinski definition) is 1. The topological polar surface area (TPSA) is 66.0 Å². The highest BCUT2D eigenvalue weighted by Gasteiger charge is 2.22. The number of furan rings is 1. The summed E-state index contributed by atoms with van der Waals surface area (Å²) < 4.78 is 5.47. The number of rotatable bonds is 2. The Bertz CT molecular complexity index is 727. The molecule has 2 aromatic rings. The van der Waals surface area contributed by atoms with Crippen LogP contribution in [0.5, 0.6) is 0 Å². The first-order valence-corrected chi connectivity index (χ1v) is 8.40. The molecule has 1 N–H and O–H groups in total. The monoisotopic (exact) mass is 364 g/mol. The molecule has 0 aromatic carbocycles. The molecule has 0 fully saturated rings. The second-order valence-corrected chi connectivity index (χ2v) is 6.77. The second-order valence-electron chi connectivity index (χ2n) is 4.94. The van der Waals surface area contributed by atoms with E-state index in [1.165, 1.54) is 28.9 Å². The van der Waals surface area contributed by atoms with Crippen molar-refractivity contribution in [3.63, 3.8) is 0 Å². The van der Waals surface area contributed by atoms with Crippen LogP contribution in [0.3, 0.4) is 0 Å². The molecule has 2 heterocycles. The molecule has 6 heteroatoms. The summed E-state index contributed by atoms with van der Waals surface area (Å²) in [4.78, 5) is 13.5. The standard InChI is InChI=1S/C15H13BrN2O2S/c16-13-10(6-7-20-13)14(19)18-15-11(8-17)9-4-2-1-3-5-12(9)21-15/h6-7H,1-5H2,(H,18,19). The van der Waals surface area contributed by atoms with Crippen molar-refractivity contribution in [2.75, 3.05) is 5.32 Å². The van der Waals surface area contributed by atoms with E-state index in [0.29, 0.717) is 20.8 Å². The maximum atomic E-state index is 12.2. The molecule has 0 unspecified atom stereocenters. The SMILES string of the molecule is N#Cc1c(NC(=O)c2ccoc2Br)sc2c1CCCCC2. The Morgan fingerprint density at radius 2 is 2.19 bits per heavy atom. The Balaban J connectivity index is 1.91. The van der Waals surface area contributed by atoms with Crippen LogP contribution in [0.4, 0.5) is 5.00 Å². The van der Waals surface area contributed by atoms with E-state index >= 15 is 0 Å². The van der Waals surface area contributed by atoms with Crippen LogP contribution < -0.4 is 5.32 Å². The van der Waals surface area contributed by atoms with Gasteiger partial charge >= 0.3 is 0 Å². The number of carbonyl (C=O) groups is 1. The van der Waals surface area contributed by atoms with Gasteiger partial charge in [-0.05, 0) is 53.2 Å². The van der Waals surface area contributed by atoms with Gasteiger partial charge in [0.15, 0.2) is 4.67 Å². The first kappa shape index (κ1) is 14.4. The van der Waals surface area contributed by atoms with Crippen molar-refractivity contribution in [1.29, 1.82) is 5.26 Å². The third kappa shape index (κ3) is 2.76. The van der Waals surface area contributed by atoms with Gasteiger partial charge in [-0.15, -0.1) is 11.3 Å². The molecule has 108 valence electrons. The number of carbonyl (C=O) groups excluding carboxylic acids is 1. The van der Waals surface area contributed by atoms with Crippen LogP contribution in [0.2, 0.25) is 0 Å². The first-order chi connectivity index (χ1) is 10.2. The second kappa shape index (κ2) is 6.04. The predicted octanol–water partition coefficient (Wildman–Crippen LogP) is 4.50. The van der Waals surface area contributed by atoms with Gasteiger partial charge in [-0.2, -0.15) is 5.26 Å². The van der Waals surface area contributed by atoms with Gasteiger partial charge in [-0.25, -0.2) is 0 Å². The first-order valence-electron chi connectivity index (χ1n) is 6.79. The number of halogens is 1. The zero-order valence-corrected chi connectivity index (χ0v) is 13.6. The smallest absolute Gasteiger partial charge is 0.260 e. The molecule has 0 saturated carbocycles. The van der Waals surface area contributed by atoms with E-state index in [-0.39, 0.29) is 5.91 Å². The Morgan fingerprint density at radius 3 is 2.90 bits per heavy atom. The fourth-order valence-corrected chi connectivity index (χ4v) is 4.23. The zero-order valence-electron chi connectivity index (χ0n) is 11.2. The molecule has 0 radical (unpaired) electrons. The molecule has 1 aliphatic carbocycles. The van der Waals surface area contributed by atoms with Crippen LogP contribution in [0.15, 0.2) is 21.4 Å². The number of nitriles is 1. The van der Waals surface area contributed by atoms with Crippen molar-refractivity contribution in [3.8, 4) is 6.07 Å². The summed E-state index contributed by atoms with van der Waals surface area (Å²) in [6, 6.07) is 3.86. The van der Waals surface area contributed by atoms with Crippen molar-refractivity contribution in [3.05, 3.63) is 38.6 Å². The summed E-state index contributed by atoms with van der Waals surface area (Å²) in [5.41, 5.74) is 2.19. The molecule has 0 spiro atoms. The van der Waals surface area contributed by atoms with E-state index in [2.05, 4.69) is 27.3 Å². The number of fused-ring (bicyclic) bond motifs is 1. The van der Waals surface area contributed by atoms with E-state index in [4.69, 9.17) is 4.42 Å². The van der Waals surface area contributed by atoms with Gasteiger partial charge in [0, 0.05) is 4.88 Å². The highest BCUT2D eigenvalue weighted by atomic mass is 79.9. The number of nitrogens with one attached hydrogen (secondary N) is 1. The summed E-state index contributed by atoms with van der Waals surface area (Å²) >= 11 is 4.73. The Kier molecular flexibility index (Phi) is 4.13. The third-order valence-electron chi connectivity index (χ3n) is 3.62. The molecule has 0 aliphatic heterocycles. The minimum absolute atomic E-state index is 0.261. The average molecular weight is 365 g/mol. The molecule has 1 amide bonds. The molecule has 1 aliphatic rings. The molecule has 0 atom stereocenters. The summed E-state index contributed by atoms with van der Waals surface area (Å²) in [5, 5.41) is 12.9. The lowest BCUT2D eigenvalue weighted by Crippen LogP contribution is -2.11. The van der Waals surface area contributed by atoms with Gasteiger partial charge in [0.05, 0.1) is 17.4 Å². The van der Waals surface area contributed by atoms with E-state index in [0.717, 1.165) is 31.2 Å². The Hall–Kier alpha value is -1.58. The summed E-state index contributed by atoms with van der Waals surface area (Å²) in [5.74, 6) is -0.261. The Labute approximate surface area is 134 Å². The van der Waals surface area contributed by atoms with Crippen LogP contribution in [-0.4, -0.2) is 5.91 Å². The fourth-order valence-electron chi connectivity index (χ4n) is 2.58. The van der Waals surface area contributed by atoms with Crippen molar-refractivity contribution in [1.82, 2.24) is 0 Å².